The first-order chi connectivity index (χ1) is 5.75. The van der Waals surface area contributed by atoms with E-state index in [1.165, 1.54) is 25.7 Å². The van der Waals surface area contributed by atoms with Gasteiger partial charge >= 0.3 is 5.97 Å². The molecule has 1 saturated heterocycles. The lowest BCUT2D eigenvalue weighted by Gasteiger charge is -2.32. The summed E-state index contributed by atoms with van der Waals surface area (Å²) in [6, 6.07) is 0. The molecule has 0 aromatic heterocycles. The largest absolute Gasteiger partial charge is 0.461 e. The van der Waals surface area contributed by atoms with E-state index in [-0.39, 0.29) is 18.0 Å². The standard InChI is InChI=1S/C10H18O2/c1-3-4-5-6-7-9-8(2)12-10(9)11/h8-9H,3-7H2,1-2H3/t8-,9+/m0/s1. The van der Waals surface area contributed by atoms with Gasteiger partial charge in [-0.25, -0.2) is 0 Å². The fourth-order valence-electron chi connectivity index (χ4n) is 1.62. The molecule has 0 spiro atoms. The highest BCUT2D eigenvalue weighted by atomic mass is 16.6. The second-order valence-electron chi connectivity index (χ2n) is 3.60. The van der Waals surface area contributed by atoms with Gasteiger partial charge in [-0.15, -0.1) is 0 Å². The van der Waals surface area contributed by atoms with Gasteiger partial charge in [0.05, 0.1) is 5.92 Å². The van der Waals surface area contributed by atoms with Crippen LogP contribution in [0.15, 0.2) is 0 Å². The quantitative estimate of drug-likeness (QED) is 0.468. The molecule has 0 radical (unpaired) electrons. The van der Waals surface area contributed by atoms with Crippen LogP contribution in [0.5, 0.6) is 0 Å². The van der Waals surface area contributed by atoms with Crippen LogP contribution in [0.25, 0.3) is 0 Å². The molecule has 0 amide bonds. The third-order valence-electron chi connectivity index (χ3n) is 2.54. The Morgan fingerprint density at radius 3 is 2.58 bits per heavy atom. The van der Waals surface area contributed by atoms with Crippen molar-refractivity contribution in [3.05, 3.63) is 0 Å². The van der Waals surface area contributed by atoms with Crippen LogP contribution in [0.1, 0.15) is 46.0 Å². The Kier molecular flexibility index (Phi) is 3.57. The third kappa shape index (κ3) is 2.23. The highest BCUT2D eigenvalue weighted by Gasteiger charge is 2.37. The summed E-state index contributed by atoms with van der Waals surface area (Å²) in [5, 5.41) is 0. The van der Waals surface area contributed by atoms with Gasteiger partial charge in [-0.05, 0) is 13.3 Å². The van der Waals surface area contributed by atoms with Crippen molar-refractivity contribution in [2.24, 2.45) is 5.92 Å². The van der Waals surface area contributed by atoms with Gasteiger partial charge < -0.3 is 4.74 Å². The number of hydrogen-bond donors (Lipinski definition) is 0. The molecule has 0 aromatic carbocycles. The third-order valence-corrected chi connectivity index (χ3v) is 2.54. The second kappa shape index (κ2) is 4.48. The number of esters is 1. The molecule has 1 rings (SSSR count). The molecule has 0 unspecified atom stereocenters. The predicted octanol–water partition coefficient (Wildman–Crippen LogP) is 2.52. The van der Waals surface area contributed by atoms with Crippen LogP contribution in [0, 0.1) is 5.92 Å². The number of rotatable bonds is 5. The summed E-state index contributed by atoms with van der Waals surface area (Å²) in [6.45, 7) is 4.17. The molecule has 2 heteroatoms. The van der Waals surface area contributed by atoms with E-state index in [2.05, 4.69) is 6.92 Å². The number of unbranched alkanes of at least 4 members (excludes halogenated alkanes) is 3. The second-order valence-corrected chi connectivity index (χ2v) is 3.60. The minimum Gasteiger partial charge on any atom is -0.461 e. The number of cyclic esters (lactones) is 1. The van der Waals surface area contributed by atoms with Crippen LogP contribution < -0.4 is 0 Å². The summed E-state index contributed by atoms with van der Waals surface area (Å²) >= 11 is 0. The minimum absolute atomic E-state index is 0.0130. The lowest BCUT2D eigenvalue weighted by molar-refractivity contribution is -0.182. The zero-order valence-electron chi connectivity index (χ0n) is 8.01. The normalized spacial score (nSPS) is 28.0. The van der Waals surface area contributed by atoms with Crippen molar-refractivity contribution < 1.29 is 9.53 Å². The Hall–Kier alpha value is -0.530. The van der Waals surface area contributed by atoms with Crippen molar-refractivity contribution in [1.82, 2.24) is 0 Å². The summed E-state index contributed by atoms with van der Waals surface area (Å²) in [5.74, 6) is 0.223. The van der Waals surface area contributed by atoms with E-state index in [1.54, 1.807) is 0 Å². The van der Waals surface area contributed by atoms with Gasteiger partial charge in [0.2, 0.25) is 0 Å². The van der Waals surface area contributed by atoms with Gasteiger partial charge in [-0.1, -0.05) is 32.6 Å². The lowest BCUT2D eigenvalue weighted by atomic mass is 9.92. The molecule has 1 aliphatic rings. The molecule has 2 nitrogen and oxygen atoms in total. The molecule has 0 bridgehead atoms. The Morgan fingerprint density at radius 2 is 2.08 bits per heavy atom. The monoisotopic (exact) mass is 170 g/mol. The van der Waals surface area contributed by atoms with Crippen LogP contribution in [-0.2, 0) is 9.53 Å². The Morgan fingerprint density at radius 1 is 1.33 bits per heavy atom. The van der Waals surface area contributed by atoms with E-state index in [1.807, 2.05) is 6.92 Å². The number of carbonyl (C=O) groups excluding carboxylic acids is 1. The SMILES string of the molecule is CCCCCC[C@H]1C(=O)O[C@H]1C. The van der Waals surface area contributed by atoms with Crippen LogP contribution in [0.3, 0.4) is 0 Å². The molecular weight excluding hydrogens is 152 g/mol. The van der Waals surface area contributed by atoms with Crippen LogP contribution >= 0.6 is 0 Å². The fraction of sp³-hybridized carbons (Fsp3) is 0.900. The number of hydrogen-bond acceptors (Lipinski definition) is 2. The molecule has 0 N–H and O–H groups in total. The van der Waals surface area contributed by atoms with Crippen molar-refractivity contribution in [2.45, 2.75) is 52.1 Å². The van der Waals surface area contributed by atoms with E-state index >= 15 is 0 Å². The summed E-state index contributed by atoms with van der Waals surface area (Å²) in [5.41, 5.74) is 0. The van der Waals surface area contributed by atoms with Crippen LogP contribution in [-0.4, -0.2) is 12.1 Å². The van der Waals surface area contributed by atoms with Crippen LogP contribution in [0.2, 0.25) is 0 Å². The van der Waals surface area contributed by atoms with E-state index in [4.69, 9.17) is 4.74 Å². The zero-order valence-corrected chi connectivity index (χ0v) is 8.01. The molecule has 2 atom stereocenters. The van der Waals surface area contributed by atoms with Gasteiger partial charge in [0.25, 0.3) is 0 Å². The van der Waals surface area contributed by atoms with Crippen molar-refractivity contribution >= 4 is 5.97 Å². The number of carbonyl (C=O) groups is 1. The first kappa shape index (κ1) is 9.56. The predicted molar refractivity (Wildman–Crippen MR) is 47.8 cm³/mol. The summed E-state index contributed by atoms with van der Waals surface area (Å²) in [4.78, 5) is 10.9. The van der Waals surface area contributed by atoms with Crippen molar-refractivity contribution in [2.75, 3.05) is 0 Å². The van der Waals surface area contributed by atoms with Gasteiger partial charge in [0, 0.05) is 0 Å². The number of ether oxygens (including phenoxy) is 1. The Balaban J connectivity index is 2.03. The summed E-state index contributed by atoms with van der Waals surface area (Å²) < 4.78 is 4.87. The van der Waals surface area contributed by atoms with E-state index in [9.17, 15) is 4.79 Å². The highest BCUT2D eigenvalue weighted by molar-refractivity contribution is 5.78. The van der Waals surface area contributed by atoms with Crippen LogP contribution in [0.4, 0.5) is 0 Å². The maximum Gasteiger partial charge on any atom is 0.312 e. The van der Waals surface area contributed by atoms with Gasteiger partial charge in [0.15, 0.2) is 0 Å². The molecule has 1 aliphatic heterocycles. The molecule has 12 heavy (non-hydrogen) atoms. The Labute approximate surface area is 74.3 Å². The average molecular weight is 170 g/mol. The molecule has 0 saturated carbocycles. The van der Waals surface area contributed by atoms with Crippen molar-refractivity contribution in [1.29, 1.82) is 0 Å². The lowest BCUT2D eigenvalue weighted by Crippen LogP contribution is -2.42. The molecular formula is C10H18O2. The van der Waals surface area contributed by atoms with Gasteiger partial charge in [-0.3, -0.25) is 4.79 Å². The highest BCUT2D eigenvalue weighted by Crippen LogP contribution is 2.26. The molecule has 1 fully saturated rings. The molecule has 70 valence electrons. The first-order valence-electron chi connectivity index (χ1n) is 4.96. The fourth-order valence-corrected chi connectivity index (χ4v) is 1.62. The first-order valence-corrected chi connectivity index (χ1v) is 4.96. The van der Waals surface area contributed by atoms with Gasteiger partial charge in [-0.2, -0.15) is 0 Å². The average Bonchev–Trinajstić information content (AvgIpc) is 2.04. The van der Waals surface area contributed by atoms with E-state index < -0.39 is 0 Å². The molecule has 1 heterocycles. The summed E-state index contributed by atoms with van der Waals surface area (Å²) in [6.07, 6.45) is 6.19. The molecule has 0 aliphatic carbocycles. The smallest absolute Gasteiger partial charge is 0.312 e. The maximum absolute atomic E-state index is 10.9. The van der Waals surface area contributed by atoms with Crippen molar-refractivity contribution in [3.8, 4) is 0 Å². The van der Waals surface area contributed by atoms with Gasteiger partial charge in [0.1, 0.15) is 6.10 Å². The van der Waals surface area contributed by atoms with E-state index in [0.29, 0.717) is 0 Å². The summed E-state index contributed by atoms with van der Waals surface area (Å²) in [7, 11) is 0. The zero-order chi connectivity index (χ0) is 8.97. The topological polar surface area (TPSA) is 26.3 Å². The van der Waals surface area contributed by atoms with Crippen molar-refractivity contribution in [3.63, 3.8) is 0 Å². The molecule has 0 aromatic rings. The minimum atomic E-state index is 0.0130. The Bertz CT molecular complexity index is 154. The van der Waals surface area contributed by atoms with E-state index in [0.717, 1.165) is 6.42 Å². The maximum atomic E-state index is 10.9.